The van der Waals surface area contributed by atoms with Crippen LogP contribution in [-0.2, 0) is 81.8 Å². The van der Waals surface area contributed by atoms with Gasteiger partial charge in [-0.1, -0.05) is 180 Å². The summed E-state index contributed by atoms with van der Waals surface area (Å²) in [6.45, 7) is -0.234. The molecule has 21 nitrogen and oxygen atoms in total. The Bertz CT molecular complexity index is 4460. The Morgan fingerprint density at radius 1 is 0.738 bits per heavy atom. The Morgan fingerprint density at radius 2 is 1.34 bits per heavy atom. The van der Waals surface area contributed by atoms with E-state index >= 15 is 13.6 Å². The van der Waals surface area contributed by atoms with Crippen LogP contribution in [0.5, 0.6) is 17.2 Å². The molecule has 3 aliphatic heterocycles. The summed E-state index contributed by atoms with van der Waals surface area (Å²) in [4.78, 5) is 72.1. The zero-order valence-electron chi connectivity index (χ0n) is 56.4. The minimum absolute atomic E-state index is 0.0477. The van der Waals surface area contributed by atoms with Crippen LogP contribution < -0.4 is 29.2 Å². The van der Waals surface area contributed by atoms with Gasteiger partial charge in [-0.2, -0.15) is 4.39 Å². The normalized spacial score (nSPS) is 16.1. The molecule has 2 N–H and O–H groups in total. The molecule has 0 bridgehead atoms. The van der Waals surface area contributed by atoms with Crippen molar-refractivity contribution in [3.63, 3.8) is 0 Å². The molecule has 4 atom stereocenters. The van der Waals surface area contributed by atoms with Gasteiger partial charge in [-0.3, -0.25) is 14.5 Å². The van der Waals surface area contributed by atoms with E-state index in [2.05, 4.69) is 10.6 Å². The van der Waals surface area contributed by atoms with Gasteiger partial charge in [0.2, 0.25) is 23.6 Å². The molecule has 0 saturated carbocycles. The first-order chi connectivity index (χ1) is 50.5. The number of esters is 2. The average molecular weight is 1440 g/mol. The number of benzene rings is 7. The van der Waals surface area contributed by atoms with Crippen molar-refractivity contribution in [1.29, 1.82) is 0 Å². The maximum absolute atomic E-state index is 17.4. The fraction of sp³-hybridized carbons (Fsp3) is 0.231. The molecule has 2 amide bonds. The largest absolute Gasteiger partial charge is 0.497 e. The summed E-state index contributed by atoms with van der Waals surface area (Å²) in [5, 5.41) is 7.62. The van der Waals surface area contributed by atoms with Gasteiger partial charge in [0.15, 0.2) is 36.4 Å². The van der Waals surface area contributed by atoms with E-state index in [-0.39, 0.29) is 55.3 Å². The quantitative estimate of drug-likeness (QED) is 0.00742. The summed E-state index contributed by atoms with van der Waals surface area (Å²) in [6, 6.07) is 59.3. The van der Waals surface area contributed by atoms with Crippen LogP contribution in [-0.4, -0.2) is 117 Å². The number of nitrogens with zero attached hydrogens (tertiary/aromatic N) is 5. The van der Waals surface area contributed by atoms with E-state index in [4.69, 9.17) is 57.0 Å². The van der Waals surface area contributed by atoms with E-state index in [1.807, 2.05) is 149 Å². The Kier molecular flexibility index (Phi) is 24.4. The van der Waals surface area contributed by atoms with Crippen molar-refractivity contribution >= 4 is 57.0 Å². The van der Waals surface area contributed by atoms with E-state index in [0.717, 1.165) is 28.4 Å². The maximum Gasteiger partial charge on any atom is 0.355 e. The van der Waals surface area contributed by atoms with Crippen molar-refractivity contribution in [2.45, 2.75) is 48.7 Å². The smallest absolute Gasteiger partial charge is 0.355 e. The number of carbonyl (C=O) groups is 4. The number of pyridine rings is 1. The highest BCUT2D eigenvalue weighted by Gasteiger charge is 2.54. The van der Waals surface area contributed by atoms with Gasteiger partial charge in [0.25, 0.3) is 11.6 Å². The number of hydrogen-bond acceptors (Lipinski definition) is 18. The fourth-order valence-corrected chi connectivity index (χ4v) is 14.5. The molecule has 0 spiro atoms. The van der Waals surface area contributed by atoms with E-state index in [1.54, 1.807) is 97.4 Å². The minimum Gasteiger partial charge on any atom is -0.497 e. The average Bonchev–Trinajstić information content (AvgIpc) is 1.27. The van der Waals surface area contributed by atoms with Crippen molar-refractivity contribution < 1.29 is 79.8 Å². The summed E-state index contributed by atoms with van der Waals surface area (Å²) < 4.78 is 93.7. The van der Waals surface area contributed by atoms with Gasteiger partial charge in [0, 0.05) is 47.7 Å². The molecule has 9 aromatic rings. The molecule has 12 rings (SSSR count). The number of aromatic nitrogens is 2. The number of nitrogens with one attached hydrogen (secondary N) is 2. The predicted octanol–water partition coefficient (Wildman–Crippen LogP) is 11.5. The second-order valence-corrected chi connectivity index (χ2v) is 26.0. The molecule has 530 valence electrons. The van der Waals surface area contributed by atoms with E-state index in [1.165, 1.54) is 30.9 Å². The van der Waals surface area contributed by atoms with Gasteiger partial charge in [0.05, 0.1) is 51.9 Å². The fourth-order valence-electron chi connectivity index (χ4n) is 11.9. The first-order valence-electron chi connectivity index (χ1n) is 32.9. The number of allylic oxidation sites excluding steroid dienone is 2. The number of fused-ring (bicyclic) bond motifs is 2. The molecule has 3 aliphatic rings. The van der Waals surface area contributed by atoms with Crippen LogP contribution in [0, 0.1) is 11.6 Å². The molecule has 0 aliphatic carbocycles. The summed E-state index contributed by atoms with van der Waals surface area (Å²) in [7, 11) is 2.74. The third kappa shape index (κ3) is 17.0. The number of aliphatic imine (C=N–C) groups is 1. The number of β-lactam (4-membered cyclic amide) rings is 1. The number of carbonyl (C=O) groups excluding carboxylic acids is 4. The van der Waals surface area contributed by atoms with Crippen LogP contribution in [0.3, 0.4) is 0 Å². The number of imidazole rings is 1. The number of amidine groups is 1. The molecular formula is C78H74F2N7O14S2+. The molecule has 5 heterocycles. The Hall–Kier alpha value is -10.6. The summed E-state index contributed by atoms with van der Waals surface area (Å²) >= 11 is 1.38. The highest BCUT2D eigenvalue weighted by Crippen LogP contribution is 2.44. The molecule has 1 saturated heterocycles. The van der Waals surface area contributed by atoms with Gasteiger partial charge < -0.3 is 53.3 Å². The molecule has 1 fully saturated rings. The summed E-state index contributed by atoms with van der Waals surface area (Å²) in [5.74, 6) is -6.45. The van der Waals surface area contributed by atoms with Crippen LogP contribution >= 0.6 is 11.8 Å². The van der Waals surface area contributed by atoms with E-state index in [9.17, 15) is 14.4 Å². The standard InChI is InChI=1S/C78H73F2N7O14S2/c1-92-42-44-95-51-98-63-47-62(66(79)67(80)72(63)99-52-96-45-43-93-2)71(76(91)100-70(54-22-9-4-10-23-54)55-24-11-5-12-25-55)101-84-103-50-60(81-77(103)83-78(57-27-13-6-14-28-57,58-29-15-7-16-30-58)59-31-17-8-18-32-59)46-64(88)82-68-73(89)87-69(75(90)97-48-53-34-36-61(94-3)37-35-53)56(49-102-74(68)87)26-21-39-86-41-40-85-38-20-19-33-65(85)86/h4-38,40-41,47,50,68,70-71,74H,39,42-46,48-49,51-52H2,1-3H3,(H-,81,82,83,88)/p+1/t68-,71?,74?,103?/m1/s1. The maximum atomic E-state index is 17.4. The minimum atomic E-state index is -2.21. The van der Waals surface area contributed by atoms with Gasteiger partial charge in [-0.15, -0.1) is 11.8 Å². The number of amides is 2. The van der Waals surface area contributed by atoms with Crippen LogP contribution in [0.4, 0.5) is 8.78 Å². The van der Waals surface area contributed by atoms with Crippen molar-refractivity contribution in [2.75, 3.05) is 67.1 Å². The number of halogens is 2. The molecule has 103 heavy (non-hydrogen) atoms. The van der Waals surface area contributed by atoms with Gasteiger partial charge in [-0.05, 0) is 69.3 Å². The first kappa shape index (κ1) is 72.2. The van der Waals surface area contributed by atoms with Crippen LogP contribution in [0.15, 0.2) is 263 Å². The SMILES string of the molecule is COCCOCOc1cc(C(ON=S2C=C(CC(=O)N[C@@H]3C(=O)N4C(C(=O)OCc5ccc(OC)cc5)=C(C=CCn5cc[n+]6ccccc56)CSC34)N=C2NC(c2ccccc2)(c2ccccc2)c2ccccc2)C(=O)OC(c2ccccc2)c2ccccc2)c(F)c(F)c1OCOCCOC. The third-order valence-corrected chi connectivity index (χ3v) is 19.6. The Balaban J connectivity index is 0.904. The second kappa shape index (κ2) is 34.8. The second-order valence-electron chi connectivity index (χ2n) is 23.5. The van der Waals surface area contributed by atoms with Gasteiger partial charge in [-0.25, -0.2) is 32.8 Å². The van der Waals surface area contributed by atoms with Crippen molar-refractivity contribution in [1.82, 2.24) is 20.1 Å². The van der Waals surface area contributed by atoms with Crippen LogP contribution in [0.25, 0.3) is 5.65 Å². The van der Waals surface area contributed by atoms with E-state index < -0.39 is 112 Å². The van der Waals surface area contributed by atoms with Crippen molar-refractivity contribution in [3.8, 4) is 17.2 Å². The molecule has 7 aromatic carbocycles. The lowest BCUT2D eigenvalue weighted by Gasteiger charge is -2.49. The molecular weight excluding hydrogens is 1360 g/mol. The zero-order valence-corrected chi connectivity index (χ0v) is 58.1. The number of methoxy groups -OCH3 is 3. The third-order valence-electron chi connectivity index (χ3n) is 16.9. The predicted molar refractivity (Wildman–Crippen MR) is 381 cm³/mol. The lowest BCUT2D eigenvalue weighted by Crippen LogP contribution is -2.70. The monoisotopic (exact) mass is 1430 g/mol. The van der Waals surface area contributed by atoms with E-state index in [0.29, 0.717) is 34.6 Å². The van der Waals surface area contributed by atoms with Crippen LogP contribution in [0.1, 0.15) is 57.6 Å². The highest BCUT2D eigenvalue weighted by atomic mass is 32.2. The molecule has 25 heteroatoms. The van der Waals surface area contributed by atoms with Crippen LogP contribution in [0.2, 0.25) is 0 Å². The Labute approximate surface area is 600 Å². The highest BCUT2D eigenvalue weighted by molar-refractivity contribution is 8.05. The summed E-state index contributed by atoms with van der Waals surface area (Å²) in [5.41, 5.74) is 3.75. The number of rotatable bonds is 33. The molecule has 2 aromatic heterocycles. The lowest BCUT2D eigenvalue weighted by atomic mass is 9.77. The number of ether oxygens (including phenoxy) is 9. The van der Waals surface area contributed by atoms with Gasteiger partial charge in [0.1, 0.15) is 53.9 Å². The topological polar surface area (TPSA) is 222 Å². The molecule has 3 unspecified atom stereocenters. The molecule has 0 radical (unpaired) electrons. The van der Waals surface area contributed by atoms with Crippen molar-refractivity contribution in [3.05, 3.63) is 304 Å². The van der Waals surface area contributed by atoms with Crippen molar-refractivity contribution in [2.24, 2.45) is 9.52 Å². The lowest BCUT2D eigenvalue weighted by molar-refractivity contribution is -0.510. The number of thioether (sulfide) groups is 1. The zero-order chi connectivity index (χ0) is 71.5. The summed E-state index contributed by atoms with van der Waals surface area (Å²) in [6.07, 6.45) is 5.82. The van der Waals surface area contributed by atoms with Gasteiger partial charge >= 0.3 is 11.9 Å². The Morgan fingerprint density at radius 3 is 1.95 bits per heavy atom. The number of hydrogen-bond donors (Lipinski definition) is 2. The first-order valence-corrected chi connectivity index (χ1v) is 35.2.